The molecule has 30 heavy (non-hydrogen) atoms. The largest absolute Gasteiger partial charge is 0.493 e. The normalized spacial score (nSPS) is 16.9. The molecule has 0 aliphatic carbocycles. The molecule has 1 unspecified atom stereocenters. The summed E-state index contributed by atoms with van der Waals surface area (Å²) >= 11 is 1.62. The van der Waals surface area contributed by atoms with Gasteiger partial charge in [0.25, 0.3) is 0 Å². The zero-order chi connectivity index (χ0) is 21.6. The number of sulfonamides is 1. The lowest BCUT2D eigenvalue weighted by Gasteiger charge is -2.23. The summed E-state index contributed by atoms with van der Waals surface area (Å²) in [7, 11) is -2.03. The maximum atomic E-state index is 13.0. The van der Waals surface area contributed by atoms with Crippen molar-refractivity contribution in [2.24, 2.45) is 0 Å². The fourth-order valence-electron chi connectivity index (χ4n) is 3.17. The Labute approximate surface area is 181 Å². The number of thioether (sulfide) groups is 1. The molecule has 0 amide bonds. The third kappa shape index (κ3) is 5.27. The summed E-state index contributed by atoms with van der Waals surface area (Å²) in [5.74, 6) is 1.21. The van der Waals surface area contributed by atoms with Crippen molar-refractivity contribution in [2.75, 3.05) is 32.6 Å². The van der Waals surface area contributed by atoms with E-state index in [2.05, 4.69) is 0 Å². The van der Waals surface area contributed by atoms with Crippen molar-refractivity contribution in [1.29, 1.82) is 0 Å². The second-order valence-corrected chi connectivity index (χ2v) is 9.71. The predicted molar refractivity (Wildman–Crippen MR) is 115 cm³/mol. The molecule has 7 nitrogen and oxygen atoms in total. The summed E-state index contributed by atoms with van der Waals surface area (Å²) in [6, 6.07) is 13.9. The van der Waals surface area contributed by atoms with Gasteiger partial charge < -0.3 is 14.2 Å². The standard InChI is InChI=1S/C21H25NO6S2/c1-3-27-21(23)15-28-18-10-9-16(13-19(18)26-2)14-20-22(11-12-29-20)30(24,25)17-7-5-4-6-8-17/h4-10,13,20H,3,11-12,14-15H2,1-2H3. The summed E-state index contributed by atoms with van der Waals surface area (Å²) in [5, 5.41) is -0.203. The van der Waals surface area contributed by atoms with Gasteiger partial charge in [-0.1, -0.05) is 24.3 Å². The molecule has 162 valence electrons. The van der Waals surface area contributed by atoms with E-state index < -0.39 is 16.0 Å². The summed E-state index contributed by atoms with van der Waals surface area (Å²) in [6.07, 6.45) is 0.533. The third-order valence-corrected chi connectivity index (χ3v) is 7.86. The molecule has 0 saturated carbocycles. The molecule has 1 aliphatic heterocycles. The lowest BCUT2D eigenvalue weighted by Crippen LogP contribution is -2.36. The fourth-order valence-corrected chi connectivity index (χ4v) is 6.45. The van der Waals surface area contributed by atoms with Crippen LogP contribution in [0.1, 0.15) is 12.5 Å². The topological polar surface area (TPSA) is 82.1 Å². The quantitative estimate of drug-likeness (QED) is 0.542. The first-order valence-corrected chi connectivity index (χ1v) is 12.1. The first kappa shape index (κ1) is 22.5. The summed E-state index contributed by atoms with van der Waals surface area (Å²) in [4.78, 5) is 11.8. The highest BCUT2D eigenvalue weighted by molar-refractivity contribution is 8.01. The minimum Gasteiger partial charge on any atom is -0.493 e. The molecule has 1 saturated heterocycles. The monoisotopic (exact) mass is 451 g/mol. The number of benzene rings is 2. The van der Waals surface area contributed by atoms with E-state index in [4.69, 9.17) is 14.2 Å². The van der Waals surface area contributed by atoms with Crippen LogP contribution < -0.4 is 9.47 Å². The maximum absolute atomic E-state index is 13.0. The molecule has 2 aromatic carbocycles. The van der Waals surface area contributed by atoms with E-state index in [9.17, 15) is 13.2 Å². The molecule has 0 N–H and O–H groups in total. The van der Waals surface area contributed by atoms with Gasteiger partial charge in [0, 0.05) is 12.3 Å². The van der Waals surface area contributed by atoms with Crippen LogP contribution >= 0.6 is 11.8 Å². The fraction of sp³-hybridized carbons (Fsp3) is 0.381. The van der Waals surface area contributed by atoms with Crippen LogP contribution in [-0.4, -0.2) is 56.7 Å². The SMILES string of the molecule is CCOC(=O)COc1ccc(CC2SCCN2S(=O)(=O)c2ccccc2)cc1OC. The Morgan fingerprint density at radius 3 is 2.63 bits per heavy atom. The number of carbonyl (C=O) groups excluding carboxylic acids is 1. The molecule has 1 atom stereocenters. The molecule has 0 aromatic heterocycles. The second-order valence-electron chi connectivity index (χ2n) is 6.54. The van der Waals surface area contributed by atoms with Crippen LogP contribution in [-0.2, 0) is 26.0 Å². The van der Waals surface area contributed by atoms with Gasteiger partial charge in [-0.15, -0.1) is 11.8 Å². The molecule has 0 bridgehead atoms. The zero-order valence-corrected chi connectivity index (χ0v) is 18.6. The van der Waals surface area contributed by atoms with Gasteiger partial charge in [0.15, 0.2) is 18.1 Å². The smallest absolute Gasteiger partial charge is 0.344 e. The van der Waals surface area contributed by atoms with Gasteiger partial charge in [-0.25, -0.2) is 13.2 Å². The Balaban J connectivity index is 1.73. The van der Waals surface area contributed by atoms with E-state index in [0.717, 1.165) is 11.3 Å². The Bertz CT molecular complexity index is 965. The lowest BCUT2D eigenvalue weighted by molar-refractivity contribution is -0.145. The number of esters is 1. The van der Waals surface area contributed by atoms with Crippen LogP contribution in [0.5, 0.6) is 11.5 Å². The van der Waals surface area contributed by atoms with Crippen LogP contribution in [0, 0.1) is 0 Å². The average Bonchev–Trinajstić information content (AvgIpc) is 3.22. The molecular weight excluding hydrogens is 426 g/mol. The van der Waals surface area contributed by atoms with Crippen LogP contribution in [0.4, 0.5) is 0 Å². The van der Waals surface area contributed by atoms with E-state index >= 15 is 0 Å². The van der Waals surface area contributed by atoms with Gasteiger partial charge >= 0.3 is 5.97 Å². The number of carbonyl (C=O) groups is 1. The van der Waals surface area contributed by atoms with E-state index in [0.29, 0.717) is 36.0 Å². The highest BCUT2D eigenvalue weighted by Crippen LogP contribution is 2.34. The van der Waals surface area contributed by atoms with Crippen LogP contribution in [0.15, 0.2) is 53.4 Å². The van der Waals surface area contributed by atoms with Crippen molar-refractivity contribution in [3.63, 3.8) is 0 Å². The number of methoxy groups -OCH3 is 1. The van der Waals surface area contributed by atoms with Gasteiger partial charge in [0.05, 0.1) is 24.0 Å². The van der Waals surface area contributed by atoms with Crippen molar-refractivity contribution >= 4 is 27.8 Å². The molecule has 3 rings (SSSR count). The lowest BCUT2D eigenvalue weighted by atomic mass is 10.1. The minimum atomic E-state index is -3.55. The van der Waals surface area contributed by atoms with E-state index in [1.807, 2.05) is 12.1 Å². The van der Waals surface area contributed by atoms with Crippen molar-refractivity contribution in [2.45, 2.75) is 23.6 Å². The van der Waals surface area contributed by atoms with E-state index in [1.54, 1.807) is 59.4 Å². The third-order valence-electron chi connectivity index (χ3n) is 4.58. The molecule has 1 fully saturated rings. The number of nitrogens with zero attached hydrogens (tertiary/aromatic N) is 1. The van der Waals surface area contributed by atoms with Crippen LogP contribution in [0.25, 0.3) is 0 Å². The van der Waals surface area contributed by atoms with Crippen molar-refractivity contribution in [3.8, 4) is 11.5 Å². The van der Waals surface area contributed by atoms with E-state index in [1.165, 1.54) is 7.11 Å². The Morgan fingerprint density at radius 1 is 1.17 bits per heavy atom. The number of ether oxygens (including phenoxy) is 3. The van der Waals surface area contributed by atoms with Gasteiger partial charge in [-0.05, 0) is 43.2 Å². The van der Waals surface area contributed by atoms with Crippen LogP contribution in [0.2, 0.25) is 0 Å². The molecule has 1 heterocycles. The molecule has 0 spiro atoms. The van der Waals surface area contributed by atoms with Crippen molar-refractivity contribution in [3.05, 3.63) is 54.1 Å². The Hall–Kier alpha value is -2.23. The number of hydrogen-bond donors (Lipinski definition) is 0. The second kappa shape index (κ2) is 10.2. The summed E-state index contributed by atoms with van der Waals surface area (Å²) < 4.78 is 43.4. The highest BCUT2D eigenvalue weighted by Gasteiger charge is 2.35. The summed E-state index contributed by atoms with van der Waals surface area (Å²) in [5.41, 5.74) is 0.919. The van der Waals surface area contributed by atoms with Crippen molar-refractivity contribution in [1.82, 2.24) is 4.31 Å². The predicted octanol–water partition coefficient (Wildman–Crippen LogP) is 2.94. The van der Waals surface area contributed by atoms with E-state index in [-0.39, 0.29) is 12.0 Å². The first-order valence-electron chi connectivity index (χ1n) is 9.59. The Morgan fingerprint density at radius 2 is 1.93 bits per heavy atom. The zero-order valence-electron chi connectivity index (χ0n) is 16.9. The molecule has 0 radical (unpaired) electrons. The Kier molecular flexibility index (Phi) is 7.63. The van der Waals surface area contributed by atoms with Gasteiger partial charge in [0.2, 0.25) is 10.0 Å². The van der Waals surface area contributed by atoms with Gasteiger partial charge in [-0.2, -0.15) is 4.31 Å². The van der Waals surface area contributed by atoms with Crippen LogP contribution in [0.3, 0.4) is 0 Å². The number of hydrogen-bond acceptors (Lipinski definition) is 7. The molecule has 9 heteroatoms. The average molecular weight is 452 g/mol. The van der Waals surface area contributed by atoms with Crippen molar-refractivity contribution < 1.29 is 27.4 Å². The van der Waals surface area contributed by atoms with Gasteiger partial charge in [0.1, 0.15) is 0 Å². The first-order chi connectivity index (χ1) is 14.5. The van der Waals surface area contributed by atoms with Gasteiger partial charge in [-0.3, -0.25) is 0 Å². The minimum absolute atomic E-state index is 0.203. The summed E-state index contributed by atoms with van der Waals surface area (Å²) in [6.45, 7) is 2.30. The highest BCUT2D eigenvalue weighted by atomic mass is 32.2. The molecule has 2 aromatic rings. The maximum Gasteiger partial charge on any atom is 0.344 e. The molecular formula is C21H25NO6S2. The number of rotatable bonds is 9. The molecule has 1 aliphatic rings.